The van der Waals surface area contributed by atoms with Crippen LogP contribution in [0.4, 0.5) is 4.79 Å². The standard InChI is InChI=1S/C28H28NO5PS/c1-18-12-20(32-16-27(30)34-17-35(3)36)13-19(2)25(18)14-29-28(31)33-15-26-23-10-6-4-8-21(23)22-9-5-7-11-24(22)26/h4-13,26H,14-17H2,1-3H3/p+1. The van der Waals surface area contributed by atoms with Crippen LogP contribution in [-0.4, -0.2) is 38.3 Å². The van der Waals surface area contributed by atoms with Gasteiger partial charge in [0.25, 0.3) is 6.35 Å². The van der Waals surface area contributed by atoms with Crippen molar-refractivity contribution in [2.45, 2.75) is 26.3 Å². The van der Waals surface area contributed by atoms with Crippen LogP contribution in [0.5, 0.6) is 5.75 Å². The Kier molecular flexibility index (Phi) is 8.34. The molecule has 36 heavy (non-hydrogen) atoms. The molecule has 0 aromatic heterocycles. The maximum atomic E-state index is 12.6. The average Bonchev–Trinajstić information content (AvgIpc) is 3.18. The number of benzene rings is 3. The van der Waals surface area contributed by atoms with Crippen LogP contribution >= 0.6 is 6.70 Å². The summed E-state index contributed by atoms with van der Waals surface area (Å²) in [6, 6.07) is 20.2. The third-order valence-corrected chi connectivity index (χ3v) is 7.00. The summed E-state index contributed by atoms with van der Waals surface area (Å²) in [5.41, 5.74) is 7.61. The number of carbonyl (C=O) groups excluding carboxylic acids is 2. The molecule has 0 saturated heterocycles. The van der Waals surface area contributed by atoms with Crippen molar-refractivity contribution in [2.75, 3.05) is 26.2 Å². The van der Waals surface area contributed by atoms with Gasteiger partial charge in [0, 0.05) is 12.5 Å². The fourth-order valence-electron chi connectivity index (χ4n) is 4.47. The maximum Gasteiger partial charge on any atom is 0.407 e. The Morgan fingerprint density at radius 2 is 1.53 bits per heavy atom. The number of hydrogen-bond donors (Lipinski definition) is 1. The van der Waals surface area contributed by atoms with Crippen molar-refractivity contribution < 1.29 is 23.8 Å². The molecule has 1 N–H and O–H groups in total. The van der Waals surface area contributed by atoms with Crippen molar-refractivity contribution in [3.05, 3.63) is 88.5 Å². The number of esters is 1. The molecule has 6 nitrogen and oxygen atoms in total. The molecule has 0 spiro atoms. The second-order valence-corrected chi connectivity index (χ2v) is 12.2. The molecule has 3 aromatic rings. The molecule has 1 atom stereocenters. The number of carbonyl (C=O) groups is 2. The van der Waals surface area contributed by atoms with Gasteiger partial charge >= 0.3 is 12.1 Å². The zero-order chi connectivity index (χ0) is 25.7. The highest BCUT2D eigenvalue weighted by molar-refractivity contribution is 8.04. The molecular formula is C28H29NO5PS+. The number of alkyl carbamates (subject to hydrolysis) is 1. The van der Waals surface area contributed by atoms with Crippen LogP contribution in [0.15, 0.2) is 60.7 Å². The molecule has 1 aliphatic carbocycles. The fraction of sp³-hybridized carbons (Fsp3) is 0.286. The minimum Gasteiger partial charge on any atom is -0.482 e. The van der Waals surface area contributed by atoms with E-state index < -0.39 is 18.8 Å². The van der Waals surface area contributed by atoms with E-state index in [4.69, 9.17) is 26.0 Å². The first kappa shape index (κ1) is 25.8. The minimum atomic E-state index is -0.711. The first-order valence-corrected chi connectivity index (χ1v) is 14.7. The molecule has 0 saturated carbocycles. The summed E-state index contributed by atoms with van der Waals surface area (Å²) in [6.07, 6.45) is -0.206. The van der Waals surface area contributed by atoms with Gasteiger partial charge in [-0.3, -0.25) is 0 Å². The quantitative estimate of drug-likeness (QED) is 0.283. The number of amides is 1. The Bertz CT molecular complexity index is 1240. The van der Waals surface area contributed by atoms with Crippen LogP contribution < -0.4 is 10.1 Å². The van der Waals surface area contributed by atoms with Crippen molar-refractivity contribution in [3.8, 4) is 16.9 Å². The molecule has 0 aliphatic heterocycles. The normalized spacial score (nSPS) is 12.4. The van der Waals surface area contributed by atoms with Crippen LogP contribution in [-0.2, 0) is 32.6 Å². The molecule has 0 radical (unpaired) electrons. The molecule has 4 rings (SSSR count). The number of hydrogen-bond acceptors (Lipinski definition) is 6. The highest BCUT2D eigenvalue weighted by Crippen LogP contribution is 2.44. The van der Waals surface area contributed by atoms with E-state index in [1.807, 2.05) is 56.9 Å². The second kappa shape index (κ2) is 11.6. The van der Waals surface area contributed by atoms with Gasteiger partial charge < -0.3 is 19.5 Å². The zero-order valence-corrected chi connectivity index (χ0v) is 22.3. The maximum absolute atomic E-state index is 12.6. The summed E-state index contributed by atoms with van der Waals surface area (Å²) in [7, 11) is 0. The lowest BCUT2D eigenvalue weighted by Crippen LogP contribution is -2.26. The Morgan fingerprint density at radius 1 is 0.944 bits per heavy atom. The van der Waals surface area contributed by atoms with Gasteiger partial charge in [-0.2, -0.15) is 0 Å². The van der Waals surface area contributed by atoms with Gasteiger partial charge in [-0.1, -0.05) is 48.5 Å². The predicted molar refractivity (Wildman–Crippen MR) is 144 cm³/mol. The molecule has 186 valence electrons. The van der Waals surface area contributed by atoms with Crippen molar-refractivity contribution in [3.63, 3.8) is 0 Å². The van der Waals surface area contributed by atoms with E-state index in [2.05, 4.69) is 29.6 Å². The molecular weight excluding hydrogens is 493 g/mol. The first-order chi connectivity index (χ1) is 17.3. The van der Waals surface area contributed by atoms with Crippen LogP contribution in [0.25, 0.3) is 11.1 Å². The molecule has 0 fully saturated rings. The highest BCUT2D eigenvalue weighted by atomic mass is 32.4. The highest BCUT2D eigenvalue weighted by Gasteiger charge is 2.29. The lowest BCUT2D eigenvalue weighted by atomic mass is 9.98. The summed E-state index contributed by atoms with van der Waals surface area (Å²) >= 11 is 5.05. The Labute approximate surface area is 217 Å². The zero-order valence-electron chi connectivity index (χ0n) is 20.6. The lowest BCUT2D eigenvalue weighted by Gasteiger charge is -2.16. The summed E-state index contributed by atoms with van der Waals surface area (Å²) < 4.78 is 16.3. The van der Waals surface area contributed by atoms with Crippen LogP contribution in [0.2, 0.25) is 0 Å². The van der Waals surface area contributed by atoms with E-state index in [0.29, 0.717) is 12.3 Å². The third-order valence-electron chi connectivity index (χ3n) is 6.19. The van der Waals surface area contributed by atoms with E-state index in [1.165, 1.54) is 22.3 Å². The monoisotopic (exact) mass is 522 g/mol. The Morgan fingerprint density at radius 3 is 2.11 bits per heavy atom. The van der Waals surface area contributed by atoms with Gasteiger partial charge in [0.2, 0.25) is 6.70 Å². The van der Waals surface area contributed by atoms with Gasteiger partial charge in [-0.05, 0) is 64.9 Å². The summed E-state index contributed by atoms with van der Waals surface area (Å²) in [5, 5.41) is 2.87. The van der Waals surface area contributed by atoms with Gasteiger partial charge in [0.15, 0.2) is 18.4 Å². The summed E-state index contributed by atoms with van der Waals surface area (Å²) in [5.74, 6) is 0.152. The molecule has 8 heteroatoms. The molecule has 0 bridgehead atoms. The Hall–Kier alpha value is -3.28. The Balaban J connectivity index is 1.31. The largest absolute Gasteiger partial charge is 0.482 e. The van der Waals surface area contributed by atoms with E-state index in [9.17, 15) is 9.59 Å². The van der Waals surface area contributed by atoms with Crippen LogP contribution in [0.3, 0.4) is 0 Å². The summed E-state index contributed by atoms with van der Waals surface area (Å²) in [6.45, 7) is 5.46. The van der Waals surface area contributed by atoms with Crippen molar-refractivity contribution in [2.24, 2.45) is 0 Å². The smallest absolute Gasteiger partial charge is 0.407 e. The minimum absolute atomic E-state index is 0.0187. The lowest BCUT2D eigenvalue weighted by molar-refractivity contribution is -0.143. The van der Waals surface area contributed by atoms with Crippen LogP contribution in [0, 0.1) is 13.8 Å². The van der Waals surface area contributed by atoms with Crippen molar-refractivity contribution >= 4 is 30.6 Å². The van der Waals surface area contributed by atoms with Gasteiger partial charge in [-0.15, -0.1) is 0 Å². The topological polar surface area (TPSA) is 73.9 Å². The summed E-state index contributed by atoms with van der Waals surface area (Å²) in [4.78, 5) is 24.3. The van der Waals surface area contributed by atoms with Gasteiger partial charge in [0.05, 0.1) is 0 Å². The van der Waals surface area contributed by atoms with Crippen molar-refractivity contribution in [1.29, 1.82) is 0 Å². The van der Waals surface area contributed by atoms with E-state index in [1.54, 1.807) is 0 Å². The van der Waals surface area contributed by atoms with E-state index in [-0.39, 0.29) is 25.5 Å². The number of nitrogens with one attached hydrogen (secondary N) is 1. The van der Waals surface area contributed by atoms with Gasteiger partial charge in [-0.25, -0.2) is 9.59 Å². The third kappa shape index (κ3) is 6.10. The number of rotatable bonds is 9. The molecule has 0 heterocycles. The number of fused-ring (bicyclic) bond motifs is 3. The molecule has 1 unspecified atom stereocenters. The average molecular weight is 523 g/mol. The van der Waals surface area contributed by atoms with Crippen molar-refractivity contribution in [1.82, 2.24) is 5.32 Å². The predicted octanol–water partition coefficient (Wildman–Crippen LogP) is 5.80. The SMILES string of the molecule is Cc1cc(OCC(=O)OC[P+](C)=S)cc(C)c1CNC(=O)OCC1c2ccccc2-c2ccccc21. The van der Waals surface area contributed by atoms with E-state index >= 15 is 0 Å². The number of ether oxygens (including phenoxy) is 3. The first-order valence-electron chi connectivity index (χ1n) is 11.7. The molecule has 3 aromatic carbocycles. The molecule has 1 amide bonds. The number of aryl methyl sites for hydroxylation is 2. The molecule has 1 aliphatic rings. The second-order valence-electron chi connectivity index (χ2n) is 8.78. The van der Waals surface area contributed by atoms with E-state index in [0.717, 1.165) is 16.7 Å². The van der Waals surface area contributed by atoms with Crippen LogP contribution in [0.1, 0.15) is 33.7 Å². The van der Waals surface area contributed by atoms with Gasteiger partial charge in [0.1, 0.15) is 19.0 Å². The fourth-order valence-corrected chi connectivity index (χ4v) is 4.96.